The molecule has 2 aliphatic rings. The number of hydrogen-bond donors (Lipinski definition) is 4. The van der Waals surface area contributed by atoms with E-state index in [2.05, 4.69) is 26.7 Å². The lowest BCUT2D eigenvalue weighted by Crippen LogP contribution is -2.48. The van der Waals surface area contributed by atoms with Gasteiger partial charge in [-0.05, 0) is 68.7 Å². The Hall–Kier alpha value is -6.51. The summed E-state index contributed by atoms with van der Waals surface area (Å²) in [4.78, 5) is 69.5. The molecular formula is C52H65N8O14P. The van der Waals surface area contributed by atoms with E-state index >= 15 is 0 Å². The minimum Gasteiger partial charge on any atom is -0.497 e. The lowest BCUT2D eigenvalue weighted by molar-refractivity contribution is -0.0928. The number of hydrogen-bond acceptors (Lipinski definition) is 16. The third-order valence-electron chi connectivity index (χ3n) is 13.0. The van der Waals surface area contributed by atoms with Crippen LogP contribution in [0.25, 0.3) is 0 Å². The molecule has 9 atom stereocenters. The molecule has 0 saturated carbocycles. The molecule has 5 aromatic rings. The molecule has 1 unspecified atom stereocenters. The summed E-state index contributed by atoms with van der Waals surface area (Å²) < 4.78 is 61.0. The number of carbonyl (C=O) groups excluding carboxylic acids is 1. The summed E-state index contributed by atoms with van der Waals surface area (Å²) in [6.45, 7) is 7.66. The number of rotatable bonds is 24. The van der Waals surface area contributed by atoms with Gasteiger partial charge in [0.25, 0.3) is 19.6 Å². The summed E-state index contributed by atoms with van der Waals surface area (Å²) in [5.41, 5.74) is -1.66. The molecule has 2 amide bonds. The molecule has 2 fully saturated rings. The average molecular weight is 1060 g/mol. The Bertz CT molecular complexity index is 2870. The van der Waals surface area contributed by atoms with E-state index in [9.17, 15) is 29.2 Å². The zero-order valence-electron chi connectivity index (χ0n) is 43.1. The van der Waals surface area contributed by atoms with Crippen LogP contribution in [0.15, 0.2) is 123 Å². The molecule has 2 saturated heterocycles. The Kier molecular flexibility index (Phi) is 19.4. The monoisotopic (exact) mass is 1060 g/mol. The Morgan fingerprint density at radius 2 is 1.21 bits per heavy atom. The van der Waals surface area contributed by atoms with Crippen LogP contribution in [0.4, 0.5) is 4.79 Å². The van der Waals surface area contributed by atoms with Gasteiger partial charge >= 0.3 is 17.4 Å². The van der Waals surface area contributed by atoms with E-state index in [1.54, 1.807) is 14.2 Å². The maximum atomic E-state index is 14.1. The van der Waals surface area contributed by atoms with Crippen molar-refractivity contribution < 1.29 is 47.0 Å². The van der Waals surface area contributed by atoms with Gasteiger partial charge in [0.05, 0.1) is 46.0 Å². The highest BCUT2D eigenvalue weighted by atomic mass is 31.2. The predicted octanol–water partition coefficient (Wildman–Crippen LogP) is 4.51. The van der Waals surface area contributed by atoms with Crippen LogP contribution in [0.3, 0.4) is 0 Å². The number of aromatic amines is 2. The van der Waals surface area contributed by atoms with E-state index in [1.807, 2.05) is 111 Å². The van der Waals surface area contributed by atoms with Crippen molar-refractivity contribution >= 4 is 14.6 Å². The Balaban J connectivity index is 1.19. The number of ether oxygens (including phenoxy) is 7. The lowest BCUT2D eigenvalue weighted by Gasteiger charge is -2.38. The molecule has 0 bridgehead atoms. The van der Waals surface area contributed by atoms with E-state index in [1.165, 1.54) is 47.9 Å². The summed E-state index contributed by atoms with van der Waals surface area (Å²) in [5.74, 6) is 0.581. The number of amides is 2. The summed E-state index contributed by atoms with van der Waals surface area (Å²) in [7, 11) is 4.19. The van der Waals surface area contributed by atoms with Gasteiger partial charge in [0.15, 0.2) is 12.5 Å². The quantitative estimate of drug-likeness (QED) is 0.0376. The standard InChI is InChI=1S/C52H65N8O14P/c1-32(2)60(33(3)4)75(71-28-12-25-53)74-45-40(72-48(46(45)69-8)59-27-24-43(62)57-51(59)65)30-55-49(63)54-29-39-41(73-47(44(39)68-7)58-26-23-42(61)56-50(58)64)31-70-52(34-13-10-9-11-14-34,35-15-19-37(66-5)20-16-35)36-17-21-38(67-6)22-18-36/h9-11,13-24,26-27,32-33,39-41,44-48H,12,28-31H2,1-8H3,(H2,54,55,63)(H,56,61,64)(H,57,62,65)/t39-,40-,41-,44-,45-,46-,47-,48-,75?/m1/s1. The second-order valence-corrected chi connectivity index (χ2v) is 19.7. The SMILES string of the molecule is COc1ccc(C(OC[C@H]2O[C@@H](n3ccc(=O)[nH]c3=O)[C@H](OC)[C@@H]2CNC(=O)NC[C@H]2O[C@@H](n3ccc(=O)[nH]c3=O)[C@H](OC)[C@@H]2OP(OCCC#N)N(C(C)C)C(C)C)(c2ccccc2)c2ccc(OC)cc2)cc1. The first kappa shape index (κ1) is 56.2. The number of benzene rings is 3. The highest BCUT2D eigenvalue weighted by molar-refractivity contribution is 7.44. The molecule has 4 N–H and O–H groups in total. The minimum absolute atomic E-state index is 0.0618. The largest absolute Gasteiger partial charge is 0.497 e. The normalized spacial score (nSPS) is 22.1. The van der Waals surface area contributed by atoms with E-state index in [-0.39, 0.29) is 44.8 Å². The number of nitrogens with zero attached hydrogens (tertiary/aromatic N) is 4. The summed E-state index contributed by atoms with van der Waals surface area (Å²) in [6, 6.07) is 28.4. The van der Waals surface area contributed by atoms with Gasteiger partial charge in [-0.1, -0.05) is 54.6 Å². The number of methoxy groups -OCH3 is 4. The van der Waals surface area contributed by atoms with Crippen molar-refractivity contribution in [2.24, 2.45) is 5.92 Å². The second-order valence-electron chi connectivity index (χ2n) is 18.3. The molecule has 402 valence electrons. The molecule has 4 heterocycles. The molecule has 2 aliphatic heterocycles. The number of carbonyl (C=O) groups is 1. The third-order valence-corrected chi connectivity index (χ3v) is 15.2. The van der Waals surface area contributed by atoms with Gasteiger partial charge in [0.1, 0.15) is 41.5 Å². The molecule has 23 heteroatoms. The fourth-order valence-corrected chi connectivity index (χ4v) is 11.4. The van der Waals surface area contributed by atoms with Crippen LogP contribution in [0.2, 0.25) is 0 Å². The molecule has 0 spiro atoms. The molecule has 0 radical (unpaired) electrons. The number of aromatic nitrogens is 4. The maximum Gasteiger partial charge on any atom is 0.330 e. The Morgan fingerprint density at radius 1 is 0.707 bits per heavy atom. The van der Waals surface area contributed by atoms with Crippen molar-refractivity contribution in [2.75, 3.05) is 54.7 Å². The Labute approximate surface area is 434 Å². The topological polar surface area (TPSA) is 261 Å². The van der Waals surface area contributed by atoms with Crippen molar-refractivity contribution in [2.45, 2.75) is 94.8 Å². The van der Waals surface area contributed by atoms with Crippen molar-refractivity contribution in [1.82, 2.24) is 34.4 Å². The first-order valence-corrected chi connectivity index (χ1v) is 25.6. The Morgan fingerprint density at radius 3 is 1.71 bits per heavy atom. The van der Waals surface area contributed by atoms with Gasteiger partial charge in [-0.2, -0.15) is 5.26 Å². The van der Waals surface area contributed by atoms with Gasteiger partial charge in [-0.15, -0.1) is 0 Å². The summed E-state index contributed by atoms with van der Waals surface area (Å²) in [5, 5.41) is 15.2. The van der Waals surface area contributed by atoms with Crippen molar-refractivity contribution in [1.29, 1.82) is 5.26 Å². The van der Waals surface area contributed by atoms with Crippen molar-refractivity contribution in [3.05, 3.63) is 162 Å². The average Bonchev–Trinajstić information content (AvgIpc) is 3.95. The van der Waals surface area contributed by atoms with Crippen LogP contribution >= 0.6 is 8.53 Å². The molecule has 22 nitrogen and oxygen atoms in total. The zero-order valence-corrected chi connectivity index (χ0v) is 44.0. The number of nitriles is 1. The molecule has 7 rings (SSSR count). The second kappa shape index (κ2) is 25.8. The smallest absolute Gasteiger partial charge is 0.330 e. The highest BCUT2D eigenvalue weighted by Gasteiger charge is 2.51. The van der Waals surface area contributed by atoms with Crippen LogP contribution in [0, 0.1) is 17.2 Å². The van der Waals surface area contributed by atoms with E-state index in [4.69, 9.17) is 42.2 Å². The summed E-state index contributed by atoms with van der Waals surface area (Å²) in [6.07, 6.45) is -4.11. The van der Waals surface area contributed by atoms with E-state index in [0.717, 1.165) is 16.7 Å². The highest BCUT2D eigenvalue weighted by Crippen LogP contribution is 2.50. The van der Waals surface area contributed by atoms with Gasteiger partial charge < -0.3 is 52.8 Å². The number of urea groups is 1. The minimum atomic E-state index is -1.87. The molecule has 2 aromatic heterocycles. The van der Waals surface area contributed by atoms with Crippen LogP contribution in [0.1, 0.15) is 63.3 Å². The maximum absolute atomic E-state index is 14.1. The molecule has 0 aliphatic carbocycles. The van der Waals surface area contributed by atoms with Gasteiger partial charge in [0, 0.05) is 69.8 Å². The molecule has 3 aromatic carbocycles. The van der Waals surface area contributed by atoms with Crippen molar-refractivity contribution in [3.8, 4) is 17.6 Å². The van der Waals surface area contributed by atoms with Crippen LogP contribution < -0.4 is 42.6 Å². The first-order valence-electron chi connectivity index (χ1n) is 24.4. The van der Waals surface area contributed by atoms with Crippen LogP contribution in [0.5, 0.6) is 11.5 Å². The molecule has 75 heavy (non-hydrogen) atoms. The predicted molar refractivity (Wildman–Crippen MR) is 275 cm³/mol. The first-order chi connectivity index (χ1) is 36.2. The van der Waals surface area contributed by atoms with Crippen molar-refractivity contribution in [3.63, 3.8) is 0 Å². The van der Waals surface area contributed by atoms with Gasteiger partial charge in [-0.3, -0.25) is 28.7 Å². The fraction of sp³-hybridized carbons (Fsp3) is 0.462. The molecular weight excluding hydrogens is 992 g/mol. The van der Waals surface area contributed by atoms with Crippen LogP contribution in [-0.4, -0.2) is 127 Å². The summed E-state index contributed by atoms with van der Waals surface area (Å²) >= 11 is 0. The van der Waals surface area contributed by atoms with Gasteiger partial charge in [0.2, 0.25) is 0 Å². The number of H-pyrrole nitrogens is 2. The third kappa shape index (κ3) is 12.8. The van der Waals surface area contributed by atoms with Crippen LogP contribution in [-0.2, 0) is 38.3 Å². The zero-order chi connectivity index (χ0) is 53.8. The van der Waals surface area contributed by atoms with E-state index in [0.29, 0.717) is 11.5 Å². The van der Waals surface area contributed by atoms with Gasteiger partial charge in [-0.25, -0.2) is 19.1 Å². The van der Waals surface area contributed by atoms with E-state index < -0.39 is 91.5 Å². The number of nitrogens with one attached hydrogen (secondary N) is 4. The fourth-order valence-electron chi connectivity index (χ4n) is 9.58. The lowest BCUT2D eigenvalue weighted by atomic mass is 9.80.